The maximum absolute atomic E-state index is 5.79. The average Bonchev–Trinajstić information content (AvgIpc) is 3.40. The molecule has 31 heavy (non-hydrogen) atoms. The fraction of sp³-hybridized carbons (Fsp3) is 0.125. The summed E-state index contributed by atoms with van der Waals surface area (Å²) in [5.41, 5.74) is 4.15. The Kier molecular flexibility index (Phi) is 5.53. The number of benzene rings is 1. The Balaban J connectivity index is 1.61. The SMILES string of the molecule is S=C1N[C@@H](c2ccccn2)[C@H](c2cccn2-c2cccc(Br)c2)N1Cc1ccccn1. The third-order valence-corrected chi connectivity index (χ3v) is 6.27. The number of nitrogens with zero attached hydrogens (tertiary/aromatic N) is 4. The third kappa shape index (κ3) is 3.98. The van der Waals surface area contributed by atoms with Crippen LogP contribution in [0.15, 0.2) is 95.9 Å². The first kappa shape index (κ1) is 19.9. The summed E-state index contributed by atoms with van der Waals surface area (Å²) in [4.78, 5) is 11.4. The molecule has 1 saturated heterocycles. The van der Waals surface area contributed by atoms with Gasteiger partial charge >= 0.3 is 0 Å². The van der Waals surface area contributed by atoms with Gasteiger partial charge in [0.2, 0.25) is 0 Å². The molecule has 1 aliphatic rings. The molecule has 4 aromatic rings. The van der Waals surface area contributed by atoms with Crippen LogP contribution < -0.4 is 5.32 Å². The number of halogens is 1. The highest BCUT2D eigenvalue weighted by molar-refractivity contribution is 9.10. The summed E-state index contributed by atoms with van der Waals surface area (Å²) in [6.07, 6.45) is 5.73. The maximum atomic E-state index is 5.79. The van der Waals surface area contributed by atoms with E-state index in [4.69, 9.17) is 12.2 Å². The van der Waals surface area contributed by atoms with E-state index in [2.05, 4.69) is 71.1 Å². The molecule has 5 nitrogen and oxygen atoms in total. The van der Waals surface area contributed by atoms with E-state index in [9.17, 15) is 0 Å². The highest BCUT2D eigenvalue weighted by Crippen LogP contribution is 2.40. The molecule has 1 fully saturated rings. The zero-order valence-corrected chi connectivity index (χ0v) is 19.0. The second-order valence-corrected chi connectivity index (χ2v) is 8.66. The van der Waals surface area contributed by atoms with Crippen molar-refractivity contribution in [2.24, 2.45) is 0 Å². The Hall–Kier alpha value is -3.03. The molecule has 5 rings (SSSR count). The Bertz CT molecular complexity index is 1190. The van der Waals surface area contributed by atoms with Crippen molar-refractivity contribution in [1.82, 2.24) is 24.8 Å². The lowest BCUT2D eigenvalue weighted by molar-refractivity contribution is 0.299. The molecule has 1 N–H and O–H groups in total. The van der Waals surface area contributed by atoms with E-state index >= 15 is 0 Å². The summed E-state index contributed by atoms with van der Waals surface area (Å²) in [7, 11) is 0. The number of nitrogens with one attached hydrogen (secondary N) is 1. The van der Waals surface area contributed by atoms with Crippen LogP contribution in [0.5, 0.6) is 0 Å². The molecule has 0 saturated carbocycles. The van der Waals surface area contributed by atoms with E-state index < -0.39 is 0 Å². The van der Waals surface area contributed by atoms with Gasteiger partial charge in [-0.15, -0.1) is 0 Å². The fourth-order valence-electron chi connectivity index (χ4n) is 4.06. The zero-order valence-electron chi connectivity index (χ0n) is 16.6. The molecule has 0 spiro atoms. The predicted molar refractivity (Wildman–Crippen MR) is 129 cm³/mol. The van der Waals surface area contributed by atoms with Gasteiger partial charge < -0.3 is 14.8 Å². The summed E-state index contributed by atoms with van der Waals surface area (Å²) >= 11 is 9.39. The van der Waals surface area contributed by atoms with Crippen LogP contribution in [0, 0.1) is 0 Å². The lowest BCUT2D eigenvalue weighted by Gasteiger charge is -2.28. The van der Waals surface area contributed by atoms with Crippen LogP contribution in [0.1, 0.15) is 29.2 Å². The van der Waals surface area contributed by atoms with E-state index in [0.717, 1.165) is 27.2 Å². The lowest BCUT2D eigenvalue weighted by Crippen LogP contribution is -2.30. The number of hydrogen-bond acceptors (Lipinski definition) is 3. The van der Waals surface area contributed by atoms with Crippen LogP contribution in [0.25, 0.3) is 5.69 Å². The molecular weight excluding hydrogens is 470 g/mol. The largest absolute Gasteiger partial charge is 0.352 e. The summed E-state index contributed by atoms with van der Waals surface area (Å²) in [5.74, 6) is 0. The fourth-order valence-corrected chi connectivity index (χ4v) is 4.75. The molecule has 4 heterocycles. The van der Waals surface area contributed by atoms with Crippen molar-refractivity contribution < 1.29 is 0 Å². The van der Waals surface area contributed by atoms with Crippen LogP contribution in [0.4, 0.5) is 0 Å². The van der Waals surface area contributed by atoms with Gasteiger partial charge in [0, 0.05) is 34.4 Å². The highest BCUT2D eigenvalue weighted by Gasteiger charge is 2.41. The Morgan fingerprint density at radius 1 is 0.935 bits per heavy atom. The topological polar surface area (TPSA) is 46.0 Å². The van der Waals surface area contributed by atoms with E-state index in [0.29, 0.717) is 11.7 Å². The lowest BCUT2D eigenvalue weighted by atomic mass is 10.0. The molecule has 7 heteroatoms. The van der Waals surface area contributed by atoms with Crippen LogP contribution in [-0.2, 0) is 6.54 Å². The maximum Gasteiger partial charge on any atom is 0.170 e. The van der Waals surface area contributed by atoms with Crippen molar-refractivity contribution in [3.8, 4) is 5.69 Å². The molecule has 0 radical (unpaired) electrons. The summed E-state index contributed by atoms with van der Waals surface area (Å²) in [5, 5.41) is 4.22. The number of rotatable bonds is 5. The van der Waals surface area contributed by atoms with Gasteiger partial charge in [-0.25, -0.2) is 0 Å². The molecular formula is C24H20BrN5S. The van der Waals surface area contributed by atoms with Gasteiger partial charge in [0.05, 0.1) is 30.0 Å². The minimum atomic E-state index is -0.0711. The Morgan fingerprint density at radius 3 is 2.52 bits per heavy atom. The third-order valence-electron chi connectivity index (χ3n) is 5.43. The minimum absolute atomic E-state index is 0.0432. The number of aromatic nitrogens is 3. The van der Waals surface area contributed by atoms with Gasteiger partial charge in [-0.2, -0.15) is 0 Å². The van der Waals surface area contributed by atoms with Gasteiger partial charge in [-0.05, 0) is 66.8 Å². The average molecular weight is 490 g/mol. The highest BCUT2D eigenvalue weighted by atomic mass is 79.9. The van der Waals surface area contributed by atoms with Crippen molar-refractivity contribution in [1.29, 1.82) is 0 Å². The first-order valence-corrected chi connectivity index (χ1v) is 11.2. The second-order valence-electron chi connectivity index (χ2n) is 7.36. The van der Waals surface area contributed by atoms with Crippen LogP contribution in [0.3, 0.4) is 0 Å². The Labute approximate surface area is 194 Å². The summed E-state index contributed by atoms with van der Waals surface area (Å²) in [6, 6.07) is 24.4. The normalized spacial score (nSPS) is 18.2. The molecule has 1 aliphatic heterocycles. The van der Waals surface area contributed by atoms with Gasteiger partial charge in [-0.3, -0.25) is 9.97 Å². The smallest absolute Gasteiger partial charge is 0.170 e. The summed E-state index contributed by atoms with van der Waals surface area (Å²) < 4.78 is 3.25. The standard InChI is InChI=1S/C24H20BrN5S/c25-17-7-5-9-19(15-17)29-14-6-11-21(29)23-22(20-10-2-4-13-27-20)28-24(31)30(23)16-18-8-1-3-12-26-18/h1-15,22-23H,16H2,(H,28,31)/t22-,23-/m0/s1. The molecule has 0 bridgehead atoms. The van der Waals surface area contributed by atoms with Crippen LogP contribution >= 0.6 is 28.1 Å². The van der Waals surface area contributed by atoms with Crippen molar-refractivity contribution in [3.05, 3.63) is 113 Å². The van der Waals surface area contributed by atoms with Crippen molar-refractivity contribution >= 4 is 33.3 Å². The Morgan fingerprint density at radius 2 is 1.77 bits per heavy atom. The quantitative estimate of drug-likeness (QED) is 0.390. The van der Waals surface area contributed by atoms with E-state index in [1.54, 1.807) is 0 Å². The molecule has 1 aromatic carbocycles. The van der Waals surface area contributed by atoms with E-state index in [1.807, 2.05) is 60.9 Å². The molecule has 154 valence electrons. The second kappa shape index (κ2) is 8.61. The van der Waals surface area contributed by atoms with Gasteiger partial charge in [-0.1, -0.05) is 34.1 Å². The molecule has 0 aliphatic carbocycles. The van der Waals surface area contributed by atoms with E-state index in [1.165, 1.54) is 0 Å². The predicted octanol–water partition coefficient (Wildman–Crippen LogP) is 5.20. The first-order valence-electron chi connectivity index (χ1n) is 10.0. The zero-order chi connectivity index (χ0) is 21.2. The van der Waals surface area contributed by atoms with Gasteiger partial charge in [0.15, 0.2) is 5.11 Å². The van der Waals surface area contributed by atoms with Crippen LogP contribution in [-0.4, -0.2) is 24.5 Å². The molecule has 2 atom stereocenters. The molecule has 3 aromatic heterocycles. The minimum Gasteiger partial charge on any atom is -0.352 e. The van der Waals surface area contributed by atoms with Gasteiger partial charge in [0.1, 0.15) is 0 Å². The van der Waals surface area contributed by atoms with Crippen LogP contribution in [0.2, 0.25) is 0 Å². The van der Waals surface area contributed by atoms with Crippen molar-refractivity contribution in [3.63, 3.8) is 0 Å². The monoisotopic (exact) mass is 489 g/mol. The van der Waals surface area contributed by atoms with Crippen molar-refractivity contribution in [2.45, 2.75) is 18.6 Å². The molecule has 0 unspecified atom stereocenters. The summed E-state index contributed by atoms with van der Waals surface area (Å²) in [6.45, 7) is 0.615. The van der Waals surface area contributed by atoms with Crippen molar-refractivity contribution in [2.75, 3.05) is 0 Å². The molecule has 0 amide bonds. The van der Waals surface area contributed by atoms with Gasteiger partial charge in [0.25, 0.3) is 0 Å². The van der Waals surface area contributed by atoms with E-state index in [-0.39, 0.29) is 12.1 Å². The first-order chi connectivity index (χ1) is 15.2. The number of hydrogen-bond donors (Lipinski definition) is 1. The number of pyridine rings is 2. The number of thiocarbonyl (C=S) groups is 1.